The number of nitrogens with zero attached hydrogens (tertiary/aromatic N) is 1. The lowest BCUT2D eigenvalue weighted by Crippen LogP contribution is -2.31. The van der Waals surface area contributed by atoms with Gasteiger partial charge in [-0.1, -0.05) is 0 Å². The third-order valence-electron chi connectivity index (χ3n) is 2.51. The average Bonchev–Trinajstić information content (AvgIpc) is 2.38. The molecule has 0 aliphatic heterocycles. The van der Waals surface area contributed by atoms with E-state index in [1.807, 2.05) is 0 Å². The zero-order valence-electron chi connectivity index (χ0n) is 10.7. The molecule has 0 heterocycles. The molecule has 6 nitrogen and oxygen atoms in total. The molecular weight excluding hydrogens is 256 g/mol. The first-order chi connectivity index (χ1) is 8.47. The number of hydrogen-bond donors (Lipinski definition) is 1. The number of likely N-dealkylation sites (N-methyl/N-ethyl adjacent to an activating group) is 1. The van der Waals surface area contributed by atoms with Crippen LogP contribution in [0.5, 0.6) is 11.5 Å². The lowest BCUT2D eigenvalue weighted by molar-refractivity contribution is 0.353. The number of benzene rings is 1. The molecule has 0 aliphatic carbocycles. The molecule has 1 rings (SSSR count). The van der Waals surface area contributed by atoms with Crippen molar-refractivity contribution in [2.45, 2.75) is 4.90 Å². The van der Waals surface area contributed by atoms with Crippen molar-refractivity contribution in [2.75, 3.05) is 34.4 Å². The Morgan fingerprint density at radius 3 is 2.33 bits per heavy atom. The van der Waals surface area contributed by atoms with Gasteiger partial charge >= 0.3 is 0 Å². The Labute approximate surface area is 107 Å². The molecule has 0 radical (unpaired) electrons. The van der Waals surface area contributed by atoms with Crippen molar-refractivity contribution >= 4 is 10.0 Å². The molecular formula is C11H18N2O4S. The van der Waals surface area contributed by atoms with Gasteiger partial charge in [-0.2, -0.15) is 4.31 Å². The molecule has 0 aliphatic rings. The predicted octanol–water partition coefficient (Wildman–Crippen LogP) is 0.283. The molecule has 18 heavy (non-hydrogen) atoms. The number of hydrogen-bond acceptors (Lipinski definition) is 5. The van der Waals surface area contributed by atoms with Gasteiger partial charge in [-0.15, -0.1) is 0 Å². The van der Waals surface area contributed by atoms with E-state index in [4.69, 9.17) is 15.2 Å². The third-order valence-corrected chi connectivity index (χ3v) is 4.36. The van der Waals surface area contributed by atoms with Crippen LogP contribution in [0.2, 0.25) is 0 Å². The number of methoxy groups -OCH3 is 2. The van der Waals surface area contributed by atoms with Gasteiger partial charge < -0.3 is 15.2 Å². The molecule has 0 saturated carbocycles. The van der Waals surface area contributed by atoms with Gasteiger partial charge in [-0.25, -0.2) is 8.42 Å². The van der Waals surface area contributed by atoms with Gasteiger partial charge in [0.05, 0.1) is 19.1 Å². The summed E-state index contributed by atoms with van der Waals surface area (Å²) >= 11 is 0. The summed E-state index contributed by atoms with van der Waals surface area (Å²) in [7, 11) is 0.893. The van der Waals surface area contributed by atoms with E-state index in [2.05, 4.69) is 0 Å². The fourth-order valence-corrected chi connectivity index (χ4v) is 2.66. The zero-order valence-corrected chi connectivity index (χ0v) is 11.5. The summed E-state index contributed by atoms with van der Waals surface area (Å²) < 4.78 is 35.7. The second kappa shape index (κ2) is 6.03. The number of rotatable bonds is 6. The van der Waals surface area contributed by atoms with Crippen molar-refractivity contribution in [3.05, 3.63) is 18.2 Å². The SMILES string of the molecule is COc1ccc(S(=O)(=O)N(C)CCN)cc1OC. The second-order valence-corrected chi connectivity index (χ2v) is 5.68. The monoisotopic (exact) mass is 274 g/mol. The molecule has 0 spiro atoms. The summed E-state index contributed by atoms with van der Waals surface area (Å²) in [6.07, 6.45) is 0. The molecule has 0 bridgehead atoms. The van der Waals surface area contributed by atoms with Gasteiger partial charge in [0.15, 0.2) is 11.5 Å². The molecule has 1 aromatic carbocycles. The number of sulfonamides is 1. The largest absolute Gasteiger partial charge is 0.493 e. The Bertz CT molecular complexity index is 502. The van der Waals surface area contributed by atoms with Crippen molar-refractivity contribution in [3.8, 4) is 11.5 Å². The number of nitrogens with two attached hydrogens (primary N) is 1. The fourth-order valence-electron chi connectivity index (χ4n) is 1.46. The van der Waals surface area contributed by atoms with Crippen LogP contribution in [0.4, 0.5) is 0 Å². The van der Waals surface area contributed by atoms with Crippen LogP contribution in [0.15, 0.2) is 23.1 Å². The lowest BCUT2D eigenvalue weighted by Gasteiger charge is -2.17. The highest BCUT2D eigenvalue weighted by Crippen LogP contribution is 2.30. The molecule has 0 saturated heterocycles. The maximum atomic E-state index is 12.2. The highest BCUT2D eigenvalue weighted by atomic mass is 32.2. The summed E-state index contributed by atoms with van der Waals surface area (Å²) in [5, 5.41) is 0. The topological polar surface area (TPSA) is 81.9 Å². The summed E-state index contributed by atoms with van der Waals surface area (Å²) in [4.78, 5) is 0.149. The van der Waals surface area contributed by atoms with Gasteiger partial charge in [0.1, 0.15) is 0 Å². The molecule has 0 fully saturated rings. The molecule has 0 atom stereocenters. The summed E-state index contributed by atoms with van der Waals surface area (Å²) in [5.41, 5.74) is 5.36. The van der Waals surface area contributed by atoms with Crippen molar-refractivity contribution in [3.63, 3.8) is 0 Å². The van der Waals surface area contributed by atoms with Crippen molar-refractivity contribution in [1.82, 2.24) is 4.31 Å². The van der Waals surface area contributed by atoms with Crippen LogP contribution >= 0.6 is 0 Å². The summed E-state index contributed by atoms with van der Waals surface area (Å²) in [6.45, 7) is 0.527. The minimum absolute atomic E-state index is 0.149. The zero-order chi connectivity index (χ0) is 13.8. The van der Waals surface area contributed by atoms with Crippen LogP contribution in [-0.2, 0) is 10.0 Å². The van der Waals surface area contributed by atoms with Crippen LogP contribution in [-0.4, -0.2) is 47.1 Å². The van der Waals surface area contributed by atoms with Gasteiger partial charge in [-0.05, 0) is 12.1 Å². The first-order valence-electron chi connectivity index (χ1n) is 5.35. The minimum atomic E-state index is -3.54. The smallest absolute Gasteiger partial charge is 0.242 e. The Morgan fingerprint density at radius 1 is 1.22 bits per heavy atom. The standard InChI is InChI=1S/C11H18N2O4S/c1-13(7-6-12)18(14,15)9-4-5-10(16-2)11(8-9)17-3/h4-5,8H,6-7,12H2,1-3H3. The average molecular weight is 274 g/mol. The lowest BCUT2D eigenvalue weighted by atomic mass is 10.3. The van der Waals surface area contributed by atoms with E-state index in [9.17, 15) is 8.42 Å². The third kappa shape index (κ3) is 2.92. The molecule has 0 amide bonds. The van der Waals surface area contributed by atoms with Gasteiger partial charge in [0.2, 0.25) is 10.0 Å². The van der Waals surface area contributed by atoms with Gasteiger partial charge in [0, 0.05) is 26.2 Å². The molecule has 0 aromatic heterocycles. The summed E-state index contributed by atoms with van der Waals surface area (Å²) in [5.74, 6) is 0.859. The van der Waals surface area contributed by atoms with E-state index >= 15 is 0 Å². The van der Waals surface area contributed by atoms with E-state index in [-0.39, 0.29) is 18.0 Å². The van der Waals surface area contributed by atoms with Gasteiger partial charge in [0.25, 0.3) is 0 Å². The first kappa shape index (κ1) is 14.7. The first-order valence-corrected chi connectivity index (χ1v) is 6.79. The van der Waals surface area contributed by atoms with E-state index < -0.39 is 10.0 Å². The van der Waals surface area contributed by atoms with E-state index in [1.54, 1.807) is 6.07 Å². The molecule has 0 unspecified atom stereocenters. The molecule has 102 valence electrons. The molecule has 1 aromatic rings. The van der Waals surface area contributed by atoms with Gasteiger partial charge in [-0.3, -0.25) is 0 Å². The van der Waals surface area contributed by atoms with Crippen LogP contribution in [0, 0.1) is 0 Å². The normalized spacial score (nSPS) is 11.6. The Hall–Kier alpha value is -1.31. The van der Waals surface area contributed by atoms with Crippen LogP contribution in [0.25, 0.3) is 0 Å². The molecule has 7 heteroatoms. The second-order valence-electron chi connectivity index (χ2n) is 3.63. The predicted molar refractivity (Wildman–Crippen MR) is 68.4 cm³/mol. The minimum Gasteiger partial charge on any atom is -0.493 e. The van der Waals surface area contributed by atoms with Crippen molar-refractivity contribution in [2.24, 2.45) is 5.73 Å². The Morgan fingerprint density at radius 2 is 1.83 bits per heavy atom. The maximum Gasteiger partial charge on any atom is 0.242 e. The Kier molecular flexibility index (Phi) is 4.94. The fraction of sp³-hybridized carbons (Fsp3) is 0.455. The van der Waals surface area contributed by atoms with E-state index in [1.165, 1.54) is 37.7 Å². The number of ether oxygens (including phenoxy) is 2. The van der Waals surface area contributed by atoms with Crippen LogP contribution in [0.3, 0.4) is 0 Å². The highest BCUT2D eigenvalue weighted by molar-refractivity contribution is 7.89. The quantitative estimate of drug-likeness (QED) is 0.806. The summed E-state index contributed by atoms with van der Waals surface area (Å²) in [6, 6.07) is 4.47. The van der Waals surface area contributed by atoms with E-state index in [0.717, 1.165) is 0 Å². The van der Waals surface area contributed by atoms with Crippen molar-refractivity contribution in [1.29, 1.82) is 0 Å². The highest BCUT2D eigenvalue weighted by Gasteiger charge is 2.21. The Balaban J connectivity index is 3.17. The van der Waals surface area contributed by atoms with E-state index in [0.29, 0.717) is 11.5 Å². The van der Waals surface area contributed by atoms with Crippen molar-refractivity contribution < 1.29 is 17.9 Å². The maximum absolute atomic E-state index is 12.2. The van der Waals surface area contributed by atoms with Crippen LogP contribution in [0.1, 0.15) is 0 Å². The van der Waals surface area contributed by atoms with Crippen LogP contribution < -0.4 is 15.2 Å². The molecule has 2 N–H and O–H groups in total.